The van der Waals surface area contributed by atoms with Crippen LogP contribution in [0, 0.1) is 0 Å². The lowest BCUT2D eigenvalue weighted by atomic mass is 9.94. The van der Waals surface area contributed by atoms with E-state index in [0.29, 0.717) is 0 Å². The van der Waals surface area contributed by atoms with Crippen molar-refractivity contribution in [3.05, 3.63) is 29.3 Å². The highest BCUT2D eigenvalue weighted by molar-refractivity contribution is 7.98. The van der Waals surface area contributed by atoms with Crippen LogP contribution in [0.3, 0.4) is 0 Å². The highest BCUT2D eigenvalue weighted by Gasteiger charge is 2.26. The number of methoxy groups -OCH3 is 1. The van der Waals surface area contributed by atoms with Crippen molar-refractivity contribution in [2.45, 2.75) is 17.4 Å². The van der Waals surface area contributed by atoms with Crippen molar-refractivity contribution in [1.82, 2.24) is 5.32 Å². The first-order valence-electron chi connectivity index (χ1n) is 5.24. The summed E-state index contributed by atoms with van der Waals surface area (Å²) in [7, 11) is 1.43. The largest absolute Gasteiger partial charge is 0.468 e. The molecule has 4 heteroatoms. The van der Waals surface area contributed by atoms with Gasteiger partial charge in [-0.05, 0) is 35.9 Å². The molecule has 0 amide bonds. The number of thioether (sulfide) groups is 1. The zero-order valence-electron chi connectivity index (χ0n) is 9.45. The van der Waals surface area contributed by atoms with Crippen molar-refractivity contribution in [2.24, 2.45) is 0 Å². The van der Waals surface area contributed by atoms with Gasteiger partial charge in [-0.15, -0.1) is 11.8 Å². The molecule has 1 aromatic carbocycles. The molecule has 1 heterocycles. The third-order valence-corrected chi connectivity index (χ3v) is 3.57. The minimum Gasteiger partial charge on any atom is -0.468 e. The van der Waals surface area contributed by atoms with E-state index in [1.807, 2.05) is 6.26 Å². The number of fused-ring (bicyclic) bond motifs is 1. The van der Waals surface area contributed by atoms with E-state index in [9.17, 15) is 4.79 Å². The third-order valence-electron chi connectivity index (χ3n) is 2.84. The lowest BCUT2D eigenvalue weighted by Crippen LogP contribution is -2.35. The third kappa shape index (κ3) is 2.08. The molecule has 0 spiro atoms. The molecule has 1 atom stereocenters. The van der Waals surface area contributed by atoms with Gasteiger partial charge in [-0.3, -0.25) is 0 Å². The fraction of sp³-hybridized carbons (Fsp3) is 0.417. The molecule has 1 N–H and O–H groups in total. The Balaban J connectivity index is 2.39. The molecule has 0 saturated carbocycles. The van der Waals surface area contributed by atoms with Crippen LogP contribution in [-0.4, -0.2) is 25.9 Å². The van der Waals surface area contributed by atoms with Crippen molar-refractivity contribution in [3.8, 4) is 0 Å². The summed E-state index contributed by atoms with van der Waals surface area (Å²) in [5, 5.41) is 3.19. The van der Waals surface area contributed by atoms with E-state index in [-0.39, 0.29) is 12.0 Å². The van der Waals surface area contributed by atoms with Crippen LogP contribution in [-0.2, 0) is 16.0 Å². The molecule has 0 aromatic heterocycles. The van der Waals surface area contributed by atoms with Crippen molar-refractivity contribution in [3.63, 3.8) is 0 Å². The summed E-state index contributed by atoms with van der Waals surface area (Å²) in [6, 6.07) is 5.98. The Hall–Kier alpha value is -1.00. The molecule has 0 saturated heterocycles. The Labute approximate surface area is 99.6 Å². The molecule has 0 fully saturated rings. The number of rotatable bonds is 2. The first-order valence-corrected chi connectivity index (χ1v) is 6.46. The van der Waals surface area contributed by atoms with Crippen molar-refractivity contribution in [2.75, 3.05) is 19.9 Å². The molecule has 1 unspecified atom stereocenters. The second kappa shape index (κ2) is 4.89. The van der Waals surface area contributed by atoms with Crippen LogP contribution in [0.15, 0.2) is 23.1 Å². The van der Waals surface area contributed by atoms with Gasteiger partial charge in [-0.25, -0.2) is 4.79 Å². The van der Waals surface area contributed by atoms with Gasteiger partial charge in [0.1, 0.15) is 6.04 Å². The summed E-state index contributed by atoms with van der Waals surface area (Å²) in [6.45, 7) is 0.825. The minimum absolute atomic E-state index is 0.209. The normalized spacial score (nSPS) is 19.0. The molecular weight excluding hydrogens is 222 g/mol. The topological polar surface area (TPSA) is 38.3 Å². The van der Waals surface area contributed by atoms with Gasteiger partial charge in [0.25, 0.3) is 0 Å². The molecule has 0 aliphatic carbocycles. The van der Waals surface area contributed by atoms with E-state index >= 15 is 0 Å². The van der Waals surface area contributed by atoms with Crippen LogP contribution in [0.5, 0.6) is 0 Å². The van der Waals surface area contributed by atoms with Gasteiger partial charge >= 0.3 is 5.97 Å². The average molecular weight is 237 g/mol. The molecule has 86 valence electrons. The van der Waals surface area contributed by atoms with Crippen LogP contribution >= 0.6 is 11.8 Å². The lowest BCUT2D eigenvalue weighted by molar-refractivity contribution is -0.143. The van der Waals surface area contributed by atoms with Crippen LogP contribution < -0.4 is 5.32 Å². The number of esters is 1. The predicted molar refractivity (Wildman–Crippen MR) is 64.7 cm³/mol. The minimum atomic E-state index is -0.305. The SMILES string of the molecule is COC(=O)C1NCCc2ccc(SC)cc21. The summed E-state index contributed by atoms with van der Waals surface area (Å²) in [6.07, 6.45) is 3.00. The fourth-order valence-corrected chi connectivity index (χ4v) is 2.43. The predicted octanol–water partition coefficient (Wildman–Crippen LogP) is 1.77. The standard InChI is InChI=1S/C12H15NO2S/c1-15-12(14)11-10-7-9(16-2)4-3-8(10)5-6-13-11/h3-4,7,11,13H,5-6H2,1-2H3. The number of carbonyl (C=O) groups is 1. The Morgan fingerprint density at radius 3 is 3.06 bits per heavy atom. The zero-order chi connectivity index (χ0) is 11.5. The summed E-state index contributed by atoms with van der Waals surface area (Å²) in [4.78, 5) is 12.8. The van der Waals surface area contributed by atoms with Crippen molar-refractivity contribution in [1.29, 1.82) is 0 Å². The Morgan fingerprint density at radius 1 is 1.56 bits per heavy atom. The van der Waals surface area contributed by atoms with Gasteiger partial charge in [0.15, 0.2) is 0 Å². The van der Waals surface area contributed by atoms with E-state index < -0.39 is 0 Å². The van der Waals surface area contributed by atoms with Gasteiger partial charge in [-0.2, -0.15) is 0 Å². The number of hydrogen-bond acceptors (Lipinski definition) is 4. The Kier molecular flexibility index (Phi) is 3.51. The molecule has 1 aliphatic heterocycles. The number of ether oxygens (including phenoxy) is 1. The Bertz CT molecular complexity index is 406. The average Bonchev–Trinajstić information content (AvgIpc) is 2.36. The molecule has 16 heavy (non-hydrogen) atoms. The smallest absolute Gasteiger partial charge is 0.327 e. The van der Waals surface area contributed by atoms with E-state index in [2.05, 4.69) is 23.5 Å². The van der Waals surface area contributed by atoms with E-state index in [4.69, 9.17) is 4.74 Å². The summed E-state index contributed by atoms with van der Waals surface area (Å²) < 4.78 is 4.81. The van der Waals surface area contributed by atoms with Crippen LogP contribution in [0.4, 0.5) is 0 Å². The van der Waals surface area contributed by atoms with Crippen LogP contribution in [0.2, 0.25) is 0 Å². The number of carbonyl (C=O) groups excluding carboxylic acids is 1. The summed E-state index contributed by atoms with van der Waals surface area (Å²) in [5.41, 5.74) is 2.30. The fourth-order valence-electron chi connectivity index (χ4n) is 1.99. The maximum absolute atomic E-state index is 11.6. The van der Waals surface area contributed by atoms with Crippen molar-refractivity contribution < 1.29 is 9.53 Å². The van der Waals surface area contributed by atoms with E-state index in [1.54, 1.807) is 11.8 Å². The Morgan fingerprint density at radius 2 is 2.38 bits per heavy atom. The first-order chi connectivity index (χ1) is 7.76. The number of hydrogen-bond donors (Lipinski definition) is 1. The summed E-state index contributed by atoms with van der Waals surface area (Å²) >= 11 is 1.68. The highest BCUT2D eigenvalue weighted by atomic mass is 32.2. The molecule has 3 nitrogen and oxygen atoms in total. The number of nitrogens with one attached hydrogen (secondary N) is 1. The molecule has 0 radical (unpaired) electrons. The van der Waals surface area contributed by atoms with E-state index in [1.165, 1.54) is 17.6 Å². The maximum atomic E-state index is 11.6. The monoisotopic (exact) mass is 237 g/mol. The van der Waals surface area contributed by atoms with Gasteiger partial charge < -0.3 is 10.1 Å². The molecule has 1 aliphatic rings. The lowest BCUT2D eigenvalue weighted by Gasteiger charge is -2.25. The van der Waals surface area contributed by atoms with Gasteiger partial charge in [0, 0.05) is 11.4 Å². The zero-order valence-corrected chi connectivity index (χ0v) is 10.3. The van der Waals surface area contributed by atoms with Crippen molar-refractivity contribution >= 4 is 17.7 Å². The maximum Gasteiger partial charge on any atom is 0.327 e. The quantitative estimate of drug-likeness (QED) is 0.628. The molecule has 2 rings (SSSR count). The van der Waals surface area contributed by atoms with E-state index in [0.717, 1.165) is 18.5 Å². The van der Waals surface area contributed by atoms with Gasteiger partial charge in [0.05, 0.1) is 7.11 Å². The molecular formula is C12H15NO2S. The van der Waals surface area contributed by atoms with Crippen LogP contribution in [0.25, 0.3) is 0 Å². The second-order valence-electron chi connectivity index (χ2n) is 3.73. The first kappa shape index (κ1) is 11.5. The van der Waals surface area contributed by atoms with Crippen LogP contribution in [0.1, 0.15) is 17.2 Å². The summed E-state index contributed by atoms with van der Waals surface area (Å²) in [5.74, 6) is -0.209. The number of benzene rings is 1. The second-order valence-corrected chi connectivity index (χ2v) is 4.60. The molecule has 1 aromatic rings. The van der Waals surface area contributed by atoms with Gasteiger partial charge in [0.2, 0.25) is 0 Å². The highest BCUT2D eigenvalue weighted by Crippen LogP contribution is 2.28. The molecule has 0 bridgehead atoms. The van der Waals surface area contributed by atoms with Gasteiger partial charge in [-0.1, -0.05) is 6.07 Å².